The smallest absolute Gasteiger partial charge is 0.200 e. The minimum Gasteiger partial charge on any atom is -0.456 e. The zero-order valence-electron chi connectivity index (χ0n) is 30.6. The zero-order chi connectivity index (χ0) is 36.2. The fourth-order valence-electron chi connectivity index (χ4n) is 8.56. The Morgan fingerprint density at radius 3 is 2.02 bits per heavy atom. The van der Waals surface area contributed by atoms with E-state index in [-0.39, 0.29) is 0 Å². The number of anilines is 3. The summed E-state index contributed by atoms with van der Waals surface area (Å²) in [6.07, 6.45) is 16.2. The maximum Gasteiger partial charge on any atom is 0.200 e. The van der Waals surface area contributed by atoms with E-state index in [0.717, 1.165) is 76.6 Å². The molecule has 0 bridgehead atoms. The molecule has 0 saturated heterocycles. The van der Waals surface area contributed by atoms with E-state index in [1.165, 1.54) is 49.7 Å². The Morgan fingerprint density at radius 2 is 1.28 bits per heavy atom. The molecule has 2 aliphatic heterocycles. The standard InChI is InChI=1S/C50H40N2O2/c1-3-39-42-29-25-33-13-5-9-17-40(33)49(42)53-46(39)31-27-37-23-24-38(28-32-47-51(4-2)45-30-26-34-14-6-10-18-41(34)50(45)54-47)48(37)52-43-19-11-7-15-35(43)21-22-36-16-8-12-20-44(36)52/h5-22,25-32H,3-4,23-24H2,1-2H3/b31-27+,38-28+,47-32-. The summed E-state index contributed by atoms with van der Waals surface area (Å²) in [6, 6.07) is 43.2. The highest BCUT2D eigenvalue weighted by Crippen LogP contribution is 2.47. The van der Waals surface area contributed by atoms with Crippen LogP contribution in [0.25, 0.3) is 50.7 Å². The highest BCUT2D eigenvalue weighted by atomic mass is 16.5. The predicted molar refractivity (Wildman–Crippen MR) is 226 cm³/mol. The third-order valence-corrected chi connectivity index (χ3v) is 11.2. The van der Waals surface area contributed by atoms with Gasteiger partial charge in [-0.3, -0.25) is 0 Å². The van der Waals surface area contributed by atoms with Gasteiger partial charge in [-0.15, -0.1) is 0 Å². The Labute approximate surface area is 315 Å². The Balaban J connectivity index is 1.14. The lowest BCUT2D eigenvalue weighted by atomic mass is 10.0. The number of nitrogens with zero attached hydrogens (tertiary/aromatic N) is 2. The van der Waals surface area contributed by atoms with Crippen molar-refractivity contribution < 1.29 is 9.15 Å². The molecule has 0 unspecified atom stereocenters. The topological polar surface area (TPSA) is 28.9 Å². The van der Waals surface area contributed by atoms with Crippen molar-refractivity contribution in [3.8, 4) is 5.75 Å². The maximum absolute atomic E-state index is 6.72. The van der Waals surface area contributed by atoms with Crippen molar-refractivity contribution in [1.82, 2.24) is 0 Å². The van der Waals surface area contributed by atoms with E-state index < -0.39 is 0 Å². The predicted octanol–water partition coefficient (Wildman–Crippen LogP) is 13.4. The highest BCUT2D eigenvalue weighted by molar-refractivity contribution is 6.06. The number of benzene rings is 6. The molecule has 0 N–H and O–H groups in total. The van der Waals surface area contributed by atoms with Crippen LogP contribution in [0, 0.1) is 0 Å². The first kappa shape index (κ1) is 32.2. The molecule has 4 nitrogen and oxygen atoms in total. The molecule has 3 aliphatic rings. The molecule has 10 rings (SSSR count). The van der Waals surface area contributed by atoms with Gasteiger partial charge in [0.2, 0.25) is 5.88 Å². The van der Waals surface area contributed by atoms with Gasteiger partial charge in [-0.2, -0.15) is 0 Å². The number of hydrogen-bond donors (Lipinski definition) is 0. The van der Waals surface area contributed by atoms with Crippen molar-refractivity contribution >= 4 is 67.8 Å². The van der Waals surface area contributed by atoms with Crippen LogP contribution in [0.1, 0.15) is 49.1 Å². The van der Waals surface area contributed by atoms with Crippen LogP contribution in [-0.2, 0) is 6.42 Å². The van der Waals surface area contributed by atoms with E-state index in [1.54, 1.807) is 0 Å². The molecule has 0 amide bonds. The van der Waals surface area contributed by atoms with E-state index in [4.69, 9.17) is 9.15 Å². The summed E-state index contributed by atoms with van der Waals surface area (Å²) < 4.78 is 13.4. The van der Waals surface area contributed by atoms with Gasteiger partial charge in [0, 0.05) is 28.3 Å². The van der Waals surface area contributed by atoms with Crippen molar-refractivity contribution in [2.45, 2.75) is 33.1 Å². The van der Waals surface area contributed by atoms with Gasteiger partial charge in [-0.05, 0) is 89.6 Å². The number of furan rings is 1. The monoisotopic (exact) mass is 700 g/mol. The van der Waals surface area contributed by atoms with Gasteiger partial charge in [0.15, 0.2) is 5.75 Å². The van der Waals surface area contributed by atoms with Crippen molar-refractivity contribution in [2.24, 2.45) is 0 Å². The lowest BCUT2D eigenvalue weighted by Gasteiger charge is -2.30. The molecule has 54 heavy (non-hydrogen) atoms. The second-order valence-electron chi connectivity index (χ2n) is 14.1. The Kier molecular flexibility index (Phi) is 7.83. The molecular formula is C50H40N2O2. The fraction of sp³-hybridized carbons (Fsp3) is 0.120. The Hall–Kier alpha value is -6.52. The van der Waals surface area contributed by atoms with Gasteiger partial charge in [0.25, 0.3) is 0 Å². The quantitative estimate of drug-likeness (QED) is 0.173. The first-order chi connectivity index (χ1) is 26.7. The second-order valence-corrected chi connectivity index (χ2v) is 14.1. The normalized spacial score (nSPS) is 16.6. The highest BCUT2D eigenvalue weighted by Gasteiger charge is 2.30. The Bertz CT molecular complexity index is 2740. The molecule has 7 aromatic rings. The van der Waals surface area contributed by atoms with Gasteiger partial charge in [0.1, 0.15) is 11.3 Å². The van der Waals surface area contributed by atoms with Gasteiger partial charge in [-0.25, -0.2) is 0 Å². The van der Waals surface area contributed by atoms with Gasteiger partial charge < -0.3 is 19.0 Å². The molecular weight excluding hydrogens is 661 g/mol. The minimum atomic E-state index is 0.808. The summed E-state index contributed by atoms with van der Waals surface area (Å²) in [5.74, 6) is 2.70. The SMILES string of the molecule is CCc1c(/C=C/C2=C(N3c4ccccc4C=Cc4ccccc43)C(=C/C=C3\Oc4c(ccc5ccccc45)N3CC)/CC2)oc2c1ccc1ccccc12. The maximum atomic E-state index is 6.72. The van der Waals surface area contributed by atoms with Crippen LogP contribution < -0.4 is 14.5 Å². The molecule has 0 fully saturated rings. The first-order valence-corrected chi connectivity index (χ1v) is 19.1. The molecule has 0 atom stereocenters. The summed E-state index contributed by atoms with van der Waals surface area (Å²) in [6.45, 7) is 5.21. The van der Waals surface area contributed by atoms with E-state index in [9.17, 15) is 0 Å². The van der Waals surface area contributed by atoms with Gasteiger partial charge in [0.05, 0.1) is 22.8 Å². The van der Waals surface area contributed by atoms with Crippen LogP contribution in [0.2, 0.25) is 0 Å². The number of fused-ring (bicyclic) bond motifs is 8. The molecule has 6 aromatic carbocycles. The largest absolute Gasteiger partial charge is 0.456 e. The van der Waals surface area contributed by atoms with Crippen molar-refractivity contribution in [3.05, 3.63) is 185 Å². The minimum absolute atomic E-state index is 0.808. The molecule has 0 spiro atoms. The lowest BCUT2D eigenvalue weighted by molar-refractivity contribution is 0.444. The molecule has 3 heterocycles. The molecule has 0 radical (unpaired) electrons. The third-order valence-electron chi connectivity index (χ3n) is 11.2. The first-order valence-electron chi connectivity index (χ1n) is 19.1. The van der Waals surface area contributed by atoms with E-state index in [2.05, 4.69) is 181 Å². The number of rotatable bonds is 6. The van der Waals surface area contributed by atoms with Crippen molar-refractivity contribution in [2.75, 3.05) is 16.3 Å². The summed E-state index contributed by atoms with van der Waals surface area (Å²) in [4.78, 5) is 4.75. The van der Waals surface area contributed by atoms with E-state index in [0.29, 0.717) is 0 Å². The fourth-order valence-corrected chi connectivity index (χ4v) is 8.56. The van der Waals surface area contributed by atoms with Crippen LogP contribution in [0.4, 0.5) is 17.1 Å². The summed E-state index contributed by atoms with van der Waals surface area (Å²) in [5, 5.41) is 5.85. The van der Waals surface area contributed by atoms with Crippen LogP contribution in [0.15, 0.2) is 167 Å². The number of hydrogen-bond acceptors (Lipinski definition) is 4. The zero-order valence-corrected chi connectivity index (χ0v) is 30.6. The third kappa shape index (κ3) is 5.21. The summed E-state index contributed by atoms with van der Waals surface area (Å²) in [7, 11) is 0. The van der Waals surface area contributed by atoms with Crippen LogP contribution in [0.5, 0.6) is 5.75 Å². The number of aryl methyl sites for hydroxylation is 1. The number of para-hydroxylation sites is 2. The van der Waals surface area contributed by atoms with Gasteiger partial charge >= 0.3 is 0 Å². The lowest BCUT2D eigenvalue weighted by Crippen LogP contribution is -2.20. The molecule has 262 valence electrons. The van der Waals surface area contributed by atoms with Crippen LogP contribution >= 0.6 is 0 Å². The summed E-state index contributed by atoms with van der Waals surface area (Å²) >= 11 is 0. The van der Waals surface area contributed by atoms with Crippen LogP contribution in [-0.4, -0.2) is 6.54 Å². The molecule has 1 aliphatic carbocycles. The second kappa shape index (κ2) is 13.2. The van der Waals surface area contributed by atoms with E-state index in [1.807, 2.05) is 0 Å². The molecule has 1 aromatic heterocycles. The number of ether oxygens (including phenoxy) is 1. The van der Waals surface area contributed by atoms with Gasteiger partial charge in [-0.1, -0.05) is 134 Å². The number of allylic oxidation sites excluding steroid dienone is 5. The Morgan fingerprint density at radius 1 is 0.611 bits per heavy atom. The van der Waals surface area contributed by atoms with Crippen molar-refractivity contribution in [1.29, 1.82) is 0 Å². The van der Waals surface area contributed by atoms with E-state index >= 15 is 0 Å². The average molecular weight is 701 g/mol. The molecule has 0 saturated carbocycles. The van der Waals surface area contributed by atoms with Crippen LogP contribution in [0.3, 0.4) is 0 Å². The van der Waals surface area contributed by atoms with Crippen molar-refractivity contribution in [3.63, 3.8) is 0 Å². The molecule has 4 heteroatoms. The average Bonchev–Trinajstić information content (AvgIpc) is 3.88. The summed E-state index contributed by atoms with van der Waals surface area (Å²) in [5.41, 5.74) is 11.8.